The first-order valence-corrected chi connectivity index (χ1v) is 8.05. The lowest BCUT2D eigenvalue weighted by molar-refractivity contribution is 0.484. The Hall–Kier alpha value is -1.72. The molecule has 0 saturated carbocycles. The number of hydrogen-bond donors (Lipinski definition) is 0. The van der Waals surface area contributed by atoms with E-state index >= 15 is 0 Å². The van der Waals surface area contributed by atoms with Crippen LogP contribution in [0.5, 0.6) is 0 Å². The highest BCUT2D eigenvalue weighted by molar-refractivity contribution is 5.00. The molecule has 2 aromatic heterocycles. The molecule has 0 spiro atoms. The molecule has 0 atom stereocenters. The molecule has 0 radical (unpaired) electrons. The fraction of sp³-hybridized carbons (Fsp3) is 0.778. The summed E-state index contributed by atoms with van der Waals surface area (Å²) in [6.07, 6.45) is 3.85. The van der Waals surface area contributed by atoms with E-state index in [9.17, 15) is 0 Å². The van der Waals surface area contributed by atoms with Crippen molar-refractivity contribution in [1.29, 1.82) is 0 Å². The maximum Gasteiger partial charge on any atom is 0.0852 e. The molecule has 2 heterocycles. The van der Waals surface area contributed by atoms with Gasteiger partial charge in [0.2, 0.25) is 0 Å². The van der Waals surface area contributed by atoms with Gasteiger partial charge in [0.15, 0.2) is 0 Å². The average Bonchev–Trinajstić information content (AvgIpc) is 3.09. The maximum atomic E-state index is 4.05. The van der Waals surface area contributed by atoms with E-state index in [2.05, 4.69) is 76.0 Å². The number of nitrogens with zero attached hydrogens (tertiary/aromatic N) is 6. The predicted molar refractivity (Wildman–Crippen MR) is 102 cm³/mol. The zero-order chi connectivity index (χ0) is 16.9. The Bertz CT molecular complexity index is 506. The van der Waals surface area contributed by atoms with Gasteiger partial charge in [-0.1, -0.05) is 53.0 Å². The molecule has 0 aliphatic carbocycles. The van der Waals surface area contributed by atoms with Crippen LogP contribution in [0.15, 0.2) is 12.4 Å². The molecule has 24 heavy (non-hydrogen) atoms. The van der Waals surface area contributed by atoms with E-state index in [0.29, 0.717) is 23.9 Å². The van der Waals surface area contributed by atoms with Crippen molar-refractivity contribution >= 4 is 0 Å². The highest BCUT2D eigenvalue weighted by Gasteiger charge is 2.09. The van der Waals surface area contributed by atoms with Gasteiger partial charge in [-0.15, -0.1) is 10.2 Å². The molecule has 0 saturated heterocycles. The summed E-state index contributed by atoms with van der Waals surface area (Å²) in [6.45, 7) is 17.0. The summed E-state index contributed by atoms with van der Waals surface area (Å²) in [6, 6.07) is 0.824. The van der Waals surface area contributed by atoms with Crippen molar-refractivity contribution in [3.63, 3.8) is 0 Å². The van der Waals surface area contributed by atoms with E-state index < -0.39 is 0 Å². The molecule has 6 heteroatoms. The van der Waals surface area contributed by atoms with Gasteiger partial charge in [0, 0.05) is 18.3 Å². The SMILES string of the molecule is C.C.CC(C)c1cn(C(C)C)nn1.CC(C)c1cnnn1C(C)C. The summed E-state index contributed by atoms with van der Waals surface area (Å²) >= 11 is 0. The van der Waals surface area contributed by atoms with Crippen molar-refractivity contribution in [2.75, 3.05) is 0 Å². The molecule has 0 amide bonds. The zero-order valence-corrected chi connectivity index (χ0v) is 15.1. The fourth-order valence-electron chi connectivity index (χ4n) is 1.87. The minimum Gasteiger partial charge on any atom is -0.250 e. The zero-order valence-electron chi connectivity index (χ0n) is 15.1. The summed E-state index contributed by atoms with van der Waals surface area (Å²) in [5.41, 5.74) is 2.28. The number of hydrogen-bond acceptors (Lipinski definition) is 4. The second kappa shape index (κ2) is 10.9. The van der Waals surface area contributed by atoms with Crippen LogP contribution < -0.4 is 0 Å². The molecule has 0 aliphatic heterocycles. The summed E-state index contributed by atoms with van der Waals surface area (Å²) in [7, 11) is 0. The smallest absolute Gasteiger partial charge is 0.0852 e. The molecule has 0 fully saturated rings. The second-order valence-corrected chi connectivity index (χ2v) is 6.72. The summed E-state index contributed by atoms with van der Waals surface area (Å²) in [4.78, 5) is 0. The quantitative estimate of drug-likeness (QED) is 0.765. The molecule has 140 valence electrons. The third-order valence-electron chi connectivity index (χ3n) is 3.33. The van der Waals surface area contributed by atoms with E-state index in [4.69, 9.17) is 0 Å². The summed E-state index contributed by atoms with van der Waals surface area (Å²) in [5, 5.41) is 15.9. The van der Waals surface area contributed by atoms with E-state index in [1.165, 1.54) is 5.69 Å². The average molecular weight is 339 g/mol. The Labute approximate surface area is 148 Å². The first-order chi connectivity index (χ1) is 10.2. The van der Waals surface area contributed by atoms with Crippen LogP contribution in [0.2, 0.25) is 0 Å². The fourth-order valence-corrected chi connectivity index (χ4v) is 1.87. The molecule has 2 rings (SSSR count). The van der Waals surface area contributed by atoms with Gasteiger partial charge in [-0.05, 0) is 39.5 Å². The third-order valence-corrected chi connectivity index (χ3v) is 3.33. The first-order valence-electron chi connectivity index (χ1n) is 8.05. The molecule has 6 nitrogen and oxygen atoms in total. The van der Waals surface area contributed by atoms with Crippen molar-refractivity contribution in [3.05, 3.63) is 23.8 Å². The molecule has 2 aromatic rings. The van der Waals surface area contributed by atoms with Crippen LogP contribution in [0.25, 0.3) is 0 Å². The number of aromatic nitrogens is 6. The predicted octanol–water partition coefficient (Wildman–Crippen LogP) is 5.24. The van der Waals surface area contributed by atoms with Crippen LogP contribution in [-0.4, -0.2) is 30.0 Å². The topological polar surface area (TPSA) is 61.4 Å². The molecular formula is C18H38N6. The molecular weight excluding hydrogens is 300 g/mol. The summed E-state index contributed by atoms with van der Waals surface area (Å²) in [5.74, 6) is 0.981. The Balaban J connectivity index is 0. The van der Waals surface area contributed by atoms with Crippen LogP contribution in [0, 0.1) is 0 Å². The molecule has 0 N–H and O–H groups in total. The summed E-state index contributed by atoms with van der Waals surface area (Å²) < 4.78 is 3.85. The van der Waals surface area contributed by atoms with Crippen molar-refractivity contribution < 1.29 is 0 Å². The van der Waals surface area contributed by atoms with Crippen LogP contribution in [0.1, 0.15) is 106 Å². The lowest BCUT2D eigenvalue weighted by atomic mass is 10.1. The highest BCUT2D eigenvalue weighted by Crippen LogP contribution is 2.15. The monoisotopic (exact) mass is 338 g/mol. The Morgan fingerprint density at radius 3 is 1.67 bits per heavy atom. The molecule has 0 unspecified atom stereocenters. The van der Waals surface area contributed by atoms with Gasteiger partial charge in [0.25, 0.3) is 0 Å². The highest BCUT2D eigenvalue weighted by atomic mass is 15.4. The lowest BCUT2D eigenvalue weighted by Gasteiger charge is -2.10. The van der Waals surface area contributed by atoms with Crippen LogP contribution in [0.4, 0.5) is 0 Å². The minimum absolute atomic E-state index is 0. The van der Waals surface area contributed by atoms with Crippen LogP contribution in [0.3, 0.4) is 0 Å². The van der Waals surface area contributed by atoms with Crippen molar-refractivity contribution in [3.8, 4) is 0 Å². The van der Waals surface area contributed by atoms with Gasteiger partial charge >= 0.3 is 0 Å². The van der Waals surface area contributed by atoms with Crippen LogP contribution >= 0.6 is 0 Å². The first kappa shape index (κ1) is 24.5. The molecule has 0 aromatic carbocycles. The normalized spacial score (nSPS) is 10.5. The van der Waals surface area contributed by atoms with Crippen molar-refractivity contribution in [2.24, 2.45) is 0 Å². The van der Waals surface area contributed by atoms with E-state index in [1.807, 2.05) is 21.8 Å². The van der Waals surface area contributed by atoms with E-state index in [-0.39, 0.29) is 14.9 Å². The van der Waals surface area contributed by atoms with E-state index in [1.54, 1.807) is 0 Å². The third kappa shape index (κ3) is 6.81. The van der Waals surface area contributed by atoms with Gasteiger partial charge < -0.3 is 0 Å². The minimum atomic E-state index is 0. The maximum absolute atomic E-state index is 4.05. The van der Waals surface area contributed by atoms with Crippen LogP contribution in [-0.2, 0) is 0 Å². The molecule has 0 bridgehead atoms. The van der Waals surface area contributed by atoms with Crippen molar-refractivity contribution in [2.45, 2.75) is 94.2 Å². The van der Waals surface area contributed by atoms with Gasteiger partial charge in [-0.2, -0.15) is 0 Å². The largest absolute Gasteiger partial charge is 0.250 e. The van der Waals surface area contributed by atoms with Gasteiger partial charge in [-0.25, -0.2) is 9.36 Å². The number of rotatable bonds is 4. The standard InChI is InChI=1S/2C8H15N3.2CH4/c1-6(2)8-5-11(7(3)4)10-9-8;1-6(2)8-5-9-10-11(8)7(3)4;;/h2*5-7H,1-4H3;2*1H4. The lowest BCUT2D eigenvalue weighted by Crippen LogP contribution is -2.08. The Morgan fingerprint density at radius 2 is 1.38 bits per heavy atom. The van der Waals surface area contributed by atoms with E-state index in [0.717, 1.165) is 5.69 Å². The van der Waals surface area contributed by atoms with Gasteiger partial charge in [0.05, 0.1) is 17.6 Å². The van der Waals surface area contributed by atoms with Gasteiger partial charge in [0.1, 0.15) is 0 Å². The Morgan fingerprint density at radius 1 is 0.792 bits per heavy atom. The Kier molecular flexibility index (Phi) is 11.2. The van der Waals surface area contributed by atoms with Crippen molar-refractivity contribution in [1.82, 2.24) is 30.0 Å². The molecule has 0 aliphatic rings. The van der Waals surface area contributed by atoms with Gasteiger partial charge in [-0.3, -0.25) is 0 Å². The second-order valence-electron chi connectivity index (χ2n) is 6.72.